The van der Waals surface area contributed by atoms with Crippen molar-refractivity contribution in [3.05, 3.63) is 87.6 Å². The fourth-order valence-electron chi connectivity index (χ4n) is 3.53. The molecule has 0 saturated heterocycles. The molecule has 3 rings (SSSR count). The van der Waals surface area contributed by atoms with Gasteiger partial charge in [0.05, 0.1) is 6.04 Å². The van der Waals surface area contributed by atoms with Crippen LogP contribution in [0, 0.1) is 5.92 Å². The molecule has 0 radical (unpaired) electrons. The Balaban J connectivity index is 1.82. The van der Waals surface area contributed by atoms with E-state index in [-0.39, 0.29) is 18.4 Å². The van der Waals surface area contributed by atoms with Crippen LogP contribution in [0.2, 0.25) is 0 Å². The fourth-order valence-corrected chi connectivity index (χ4v) is 4.24. The molecule has 0 spiro atoms. The molecule has 1 heterocycles. The Morgan fingerprint density at radius 3 is 2.53 bits per heavy atom. The van der Waals surface area contributed by atoms with Crippen LogP contribution >= 0.6 is 11.3 Å². The summed E-state index contributed by atoms with van der Waals surface area (Å²) in [5.41, 5.74) is 3.17. The van der Waals surface area contributed by atoms with E-state index in [1.165, 1.54) is 0 Å². The van der Waals surface area contributed by atoms with E-state index in [1.807, 2.05) is 60.0 Å². The SMILES string of the molecule is CC(C)CC(NC(=O)c1cc(COc2ccccc2)ccc1CCC(=O)O)c1ccsc1. The Labute approximate surface area is 193 Å². The number of para-hydroxylation sites is 1. The number of rotatable bonds is 11. The summed E-state index contributed by atoms with van der Waals surface area (Å²) >= 11 is 1.61. The second-order valence-electron chi connectivity index (χ2n) is 8.20. The van der Waals surface area contributed by atoms with Crippen LogP contribution in [0.5, 0.6) is 5.75 Å². The molecule has 1 atom stereocenters. The van der Waals surface area contributed by atoms with Crippen LogP contribution in [0.15, 0.2) is 65.4 Å². The van der Waals surface area contributed by atoms with Gasteiger partial charge in [-0.05, 0) is 70.5 Å². The number of aliphatic carboxylic acids is 1. The zero-order chi connectivity index (χ0) is 22.9. The third-order valence-corrected chi connectivity index (χ3v) is 5.84. The molecule has 2 N–H and O–H groups in total. The molecular formula is C26H29NO4S. The molecule has 168 valence electrons. The third kappa shape index (κ3) is 6.95. The molecule has 1 unspecified atom stereocenters. The first-order chi connectivity index (χ1) is 15.4. The van der Waals surface area contributed by atoms with Gasteiger partial charge in [-0.15, -0.1) is 0 Å². The fraction of sp³-hybridized carbons (Fsp3) is 0.308. The summed E-state index contributed by atoms with van der Waals surface area (Å²) in [6.45, 7) is 4.58. The van der Waals surface area contributed by atoms with Crippen LogP contribution in [0.3, 0.4) is 0 Å². The minimum absolute atomic E-state index is 0.0277. The zero-order valence-corrected chi connectivity index (χ0v) is 19.2. The normalized spacial score (nSPS) is 11.8. The van der Waals surface area contributed by atoms with E-state index < -0.39 is 5.97 Å². The average molecular weight is 452 g/mol. The number of amides is 1. The molecule has 5 nitrogen and oxygen atoms in total. The van der Waals surface area contributed by atoms with Crippen LogP contribution in [-0.2, 0) is 17.8 Å². The summed E-state index contributed by atoms with van der Waals surface area (Å²) in [6.07, 6.45) is 1.09. The molecule has 0 saturated carbocycles. The van der Waals surface area contributed by atoms with Gasteiger partial charge < -0.3 is 15.2 Å². The summed E-state index contributed by atoms with van der Waals surface area (Å²) in [5, 5.41) is 16.4. The molecule has 32 heavy (non-hydrogen) atoms. The van der Waals surface area contributed by atoms with Crippen LogP contribution in [-0.4, -0.2) is 17.0 Å². The number of carbonyl (C=O) groups is 2. The highest BCUT2D eigenvalue weighted by Crippen LogP contribution is 2.25. The minimum Gasteiger partial charge on any atom is -0.489 e. The van der Waals surface area contributed by atoms with Gasteiger partial charge in [0.2, 0.25) is 0 Å². The highest BCUT2D eigenvalue weighted by Gasteiger charge is 2.20. The summed E-state index contributed by atoms with van der Waals surface area (Å²) in [4.78, 5) is 24.4. The lowest BCUT2D eigenvalue weighted by atomic mass is 9.96. The quantitative estimate of drug-likeness (QED) is 0.383. The van der Waals surface area contributed by atoms with E-state index in [9.17, 15) is 9.59 Å². The summed E-state index contributed by atoms with van der Waals surface area (Å²) in [7, 11) is 0. The Kier molecular flexibility index (Phi) is 8.45. The number of aryl methyl sites for hydroxylation is 1. The van der Waals surface area contributed by atoms with Gasteiger partial charge in [0.15, 0.2) is 0 Å². The molecule has 0 aliphatic heterocycles. The maximum atomic E-state index is 13.3. The van der Waals surface area contributed by atoms with Crippen molar-refractivity contribution in [3.63, 3.8) is 0 Å². The number of carboxylic acids is 1. The first kappa shape index (κ1) is 23.5. The number of carbonyl (C=O) groups excluding carboxylic acids is 1. The van der Waals surface area contributed by atoms with E-state index in [2.05, 4.69) is 24.5 Å². The molecule has 1 amide bonds. The Morgan fingerprint density at radius 1 is 1.09 bits per heavy atom. The summed E-state index contributed by atoms with van der Waals surface area (Å²) in [5.74, 6) is 0.0906. The van der Waals surface area contributed by atoms with E-state index in [0.717, 1.165) is 28.9 Å². The van der Waals surface area contributed by atoms with Gasteiger partial charge in [0, 0.05) is 12.0 Å². The molecular weight excluding hydrogens is 422 g/mol. The molecule has 0 aliphatic rings. The number of ether oxygens (including phenoxy) is 1. The standard InChI is InChI=1S/C26H29NO4S/c1-18(2)14-24(21-12-13-32-17-21)27-26(30)23-15-19(8-9-20(23)10-11-25(28)29)16-31-22-6-4-3-5-7-22/h3-9,12-13,15,17-18,24H,10-11,14,16H2,1-2H3,(H,27,30)(H,28,29). The number of carboxylic acid groups (broad SMARTS) is 1. The second-order valence-corrected chi connectivity index (χ2v) is 8.98. The van der Waals surface area contributed by atoms with Crippen molar-refractivity contribution in [2.75, 3.05) is 0 Å². The van der Waals surface area contributed by atoms with Gasteiger partial charge in [0.1, 0.15) is 12.4 Å². The molecule has 0 bridgehead atoms. The number of benzene rings is 2. The van der Waals surface area contributed by atoms with Gasteiger partial charge in [-0.1, -0.05) is 44.2 Å². The van der Waals surface area contributed by atoms with E-state index in [0.29, 0.717) is 24.5 Å². The maximum absolute atomic E-state index is 13.3. The molecule has 0 fully saturated rings. The largest absolute Gasteiger partial charge is 0.489 e. The van der Waals surface area contributed by atoms with E-state index >= 15 is 0 Å². The Morgan fingerprint density at radius 2 is 1.88 bits per heavy atom. The third-order valence-electron chi connectivity index (χ3n) is 5.13. The lowest BCUT2D eigenvalue weighted by Crippen LogP contribution is -2.30. The molecule has 1 aromatic heterocycles. The van der Waals surface area contributed by atoms with Crippen molar-refractivity contribution in [3.8, 4) is 5.75 Å². The highest BCUT2D eigenvalue weighted by molar-refractivity contribution is 7.08. The van der Waals surface area contributed by atoms with Gasteiger partial charge in [-0.3, -0.25) is 9.59 Å². The van der Waals surface area contributed by atoms with Crippen molar-refractivity contribution in [1.29, 1.82) is 0 Å². The van der Waals surface area contributed by atoms with Crippen molar-refractivity contribution in [2.24, 2.45) is 5.92 Å². The maximum Gasteiger partial charge on any atom is 0.303 e. The van der Waals surface area contributed by atoms with Crippen molar-refractivity contribution in [1.82, 2.24) is 5.32 Å². The predicted molar refractivity (Wildman–Crippen MR) is 127 cm³/mol. The number of hydrogen-bond acceptors (Lipinski definition) is 4. The average Bonchev–Trinajstić information content (AvgIpc) is 3.31. The Hall–Kier alpha value is -3.12. The molecule has 6 heteroatoms. The van der Waals surface area contributed by atoms with Gasteiger partial charge in [-0.25, -0.2) is 0 Å². The summed E-state index contributed by atoms with van der Waals surface area (Å²) in [6, 6.07) is 17.0. The van der Waals surface area contributed by atoms with Gasteiger partial charge >= 0.3 is 5.97 Å². The van der Waals surface area contributed by atoms with E-state index in [4.69, 9.17) is 9.84 Å². The number of hydrogen-bond donors (Lipinski definition) is 2. The van der Waals surface area contributed by atoms with Gasteiger partial charge in [0.25, 0.3) is 5.91 Å². The van der Waals surface area contributed by atoms with Crippen LogP contribution in [0.4, 0.5) is 0 Å². The topological polar surface area (TPSA) is 75.6 Å². The van der Waals surface area contributed by atoms with Crippen molar-refractivity contribution in [2.45, 2.75) is 45.8 Å². The number of thiophene rings is 1. The van der Waals surface area contributed by atoms with Crippen molar-refractivity contribution < 1.29 is 19.4 Å². The molecule has 0 aliphatic carbocycles. The summed E-state index contributed by atoms with van der Waals surface area (Å²) < 4.78 is 5.83. The smallest absolute Gasteiger partial charge is 0.303 e. The minimum atomic E-state index is -0.885. The van der Waals surface area contributed by atoms with Crippen molar-refractivity contribution >= 4 is 23.2 Å². The zero-order valence-electron chi connectivity index (χ0n) is 18.4. The second kappa shape index (κ2) is 11.5. The Bertz CT molecular complexity index is 1020. The molecule has 3 aromatic rings. The predicted octanol–water partition coefficient (Wildman–Crippen LogP) is 5.86. The first-order valence-corrected chi connectivity index (χ1v) is 11.7. The first-order valence-electron chi connectivity index (χ1n) is 10.8. The number of nitrogens with one attached hydrogen (secondary N) is 1. The van der Waals surface area contributed by atoms with Gasteiger partial charge in [-0.2, -0.15) is 11.3 Å². The van der Waals surface area contributed by atoms with Crippen LogP contribution in [0.25, 0.3) is 0 Å². The van der Waals surface area contributed by atoms with Crippen LogP contribution in [0.1, 0.15) is 59.8 Å². The van der Waals surface area contributed by atoms with E-state index in [1.54, 1.807) is 11.3 Å². The monoisotopic (exact) mass is 451 g/mol. The highest BCUT2D eigenvalue weighted by atomic mass is 32.1. The molecule has 2 aromatic carbocycles. The lowest BCUT2D eigenvalue weighted by Gasteiger charge is -2.21. The van der Waals surface area contributed by atoms with Crippen LogP contribution < -0.4 is 10.1 Å². The lowest BCUT2D eigenvalue weighted by molar-refractivity contribution is -0.136.